The first-order chi connectivity index (χ1) is 13.3. The Kier molecular flexibility index (Phi) is 5.09. The number of carbonyl (C=O) groups is 1. The van der Waals surface area contributed by atoms with Crippen LogP contribution in [0.4, 0.5) is 4.79 Å². The standard InChI is InChI=1S/C20H21N5O2/c26-20(22-11-4-8-15-6-2-1-3-7-15)25-13-17(14-25)19-23-18(24-27-19)16-9-5-10-21-12-16/h1-3,5-7,9-10,12,17H,4,8,11,13-14H2,(H,22,26). The maximum atomic E-state index is 12.2. The number of urea groups is 1. The summed E-state index contributed by atoms with van der Waals surface area (Å²) in [7, 11) is 0. The van der Waals surface area contributed by atoms with E-state index in [-0.39, 0.29) is 11.9 Å². The molecule has 0 radical (unpaired) electrons. The summed E-state index contributed by atoms with van der Waals surface area (Å²) in [5.74, 6) is 1.20. The van der Waals surface area contributed by atoms with Gasteiger partial charge in [-0.3, -0.25) is 4.98 Å². The van der Waals surface area contributed by atoms with Crippen molar-refractivity contribution in [3.05, 3.63) is 66.3 Å². The minimum Gasteiger partial charge on any atom is -0.339 e. The first-order valence-electron chi connectivity index (χ1n) is 9.10. The smallest absolute Gasteiger partial charge is 0.317 e. The van der Waals surface area contributed by atoms with E-state index < -0.39 is 0 Å². The van der Waals surface area contributed by atoms with Crippen molar-refractivity contribution >= 4 is 6.03 Å². The molecule has 3 heterocycles. The number of aromatic nitrogens is 3. The van der Waals surface area contributed by atoms with E-state index in [9.17, 15) is 4.79 Å². The Labute approximate surface area is 157 Å². The average Bonchev–Trinajstić information content (AvgIpc) is 3.15. The van der Waals surface area contributed by atoms with E-state index in [2.05, 4.69) is 32.6 Å². The third-order valence-electron chi connectivity index (χ3n) is 4.64. The summed E-state index contributed by atoms with van der Waals surface area (Å²) in [5.41, 5.74) is 2.11. The van der Waals surface area contributed by atoms with Crippen LogP contribution in [0.25, 0.3) is 11.4 Å². The van der Waals surface area contributed by atoms with Crippen molar-refractivity contribution in [2.24, 2.45) is 0 Å². The molecular formula is C20H21N5O2. The van der Waals surface area contributed by atoms with Crippen molar-refractivity contribution in [3.63, 3.8) is 0 Å². The number of benzene rings is 1. The molecule has 138 valence electrons. The van der Waals surface area contributed by atoms with Gasteiger partial charge in [0.1, 0.15) is 0 Å². The maximum absolute atomic E-state index is 12.2. The van der Waals surface area contributed by atoms with E-state index in [4.69, 9.17) is 4.52 Å². The largest absolute Gasteiger partial charge is 0.339 e. The summed E-state index contributed by atoms with van der Waals surface area (Å²) in [5, 5.41) is 6.97. The van der Waals surface area contributed by atoms with Crippen LogP contribution in [0, 0.1) is 0 Å². The van der Waals surface area contributed by atoms with Crippen LogP contribution in [-0.4, -0.2) is 45.7 Å². The van der Waals surface area contributed by atoms with Crippen molar-refractivity contribution in [2.75, 3.05) is 19.6 Å². The van der Waals surface area contributed by atoms with Gasteiger partial charge in [-0.15, -0.1) is 0 Å². The van der Waals surface area contributed by atoms with E-state index in [1.54, 1.807) is 17.3 Å². The van der Waals surface area contributed by atoms with Crippen LogP contribution >= 0.6 is 0 Å². The molecular weight excluding hydrogens is 342 g/mol. The SMILES string of the molecule is O=C(NCCCc1ccccc1)N1CC(c2nc(-c3cccnc3)no2)C1. The number of amides is 2. The number of hydrogen-bond donors (Lipinski definition) is 1. The predicted molar refractivity (Wildman–Crippen MR) is 100 cm³/mol. The van der Waals surface area contributed by atoms with Crippen LogP contribution in [0.3, 0.4) is 0 Å². The number of rotatable bonds is 6. The van der Waals surface area contributed by atoms with Gasteiger partial charge in [0.2, 0.25) is 11.7 Å². The molecule has 27 heavy (non-hydrogen) atoms. The normalized spacial score (nSPS) is 14.0. The second-order valence-corrected chi connectivity index (χ2v) is 6.62. The van der Waals surface area contributed by atoms with Crippen molar-refractivity contribution < 1.29 is 9.32 Å². The van der Waals surface area contributed by atoms with Gasteiger partial charge in [-0.1, -0.05) is 35.5 Å². The number of pyridine rings is 1. The third kappa shape index (κ3) is 4.13. The number of hydrogen-bond acceptors (Lipinski definition) is 5. The number of nitrogens with one attached hydrogen (secondary N) is 1. The van der Waals surface area contributed by atoms with Gasteiger partial charge in [-0.05, 0) is 30.5 Å². The number of nitrogens with zero attached hydrogens (tertiary/aromatic N) is 4. The Morgan fingerprint density at radius 3 is 2.81 bits per heavy atom. The van der Waals surface area contributed by atoms with E-state index in [0.717, 1.165) is 18.4 Å². The van der Waals surface area contributed by atoms with Gasteiger partial charge in [0.25, 0.3) is 0 Å². The zero-order valence-corrected chi connectivity index (χ0v) is 14.9. The molecule has 7 nitrogen and oxygen atoms in total. The zero-order valence-electron chi connectivity index (χ0n) is 14.9. The Bertz CT molecular complexity index is 876. The first kappa shape index (κ1) is 17.2. The molecule has 2 amide bonds. The molecule has 1 saturated heterocycles. The highest BCUT2D eigenvalue weighted by Crippen LogP contribution is 2.27. The van der Waals surface area contributed by atoms with E-state index >= 15 is 0 Å². The monoisotopic (exact) mass is 363 g/mol. The number of likely N-dealkylation sites (tertiary alicyclic amines) is 1. The summed E-state index contributed by atoms with van der Waals surface area (Å²) in [4.78, 5) is 22.4. The highest BCUT2D eigenvalue weighted by molar-refractivity contribution is 5.75. The molecule has 0 atom stereocenters. The molecule has 1 aliphatic heterocycles. The Hall–Kier alpha value is -3.22. The lowest BCUT2D eigenvalue weighted by atomic mass is 10.0. The molecule has 0 saturated carbocycles. The summed E-state index contributed by atoms with van der Waals surface area (Å²) in [6, 6.07) is 14.0. The van der Waals surface area contributed by atoms with Gasteiger partial charge in [0, 0.05) is 37.6 Å². The number of carbonyl (C=O) groups excluding carboxylic acids is 1. The van der Waals surface area contributed by atoms with E-state index in [0.29, 0.717) is 31.3 Å². The first-order valence-corrected chi connectivity index (χ1v) is 9.10. The lowest BCUT2D eigenvalue weighted by Gasteiger charge is -2.36. The molecule has 1 N–H and O–H groups in total. The van der Waals surface area contributed by atoms with Crippen molar-refractivity contribution in [1.82, 2.24) is 25.3 Å². The number of aryl methyl sites for hydroxylation is 1. The lowest BCUT2D eigenvalue weighted by molar-refractivity contribution is 0.137. The van der Waals surface area contributed by atoms with Crippen LogP contribution in [0.5, 0.6) is 0 Å². The maximum Gasteiger partial charge on any atom is 0.317 e. The fourth-order valence-corrected chi connectivity index (χ4v) is 3.06. The van der Waals surface area contributed by atoms with Crippen LogP contribution < -0.4 is 5.32 Å². The van der Waals surface area contributed by atoms with Crippen LogP contribution in [0.15, 0.2) is 59.4 Å². The molecule has 0 unspecified atom stereocenters. The van der Waals surface area contributed by atoms with E-state index in [1.807, 2.05) is 30.3 Å². The highest BCUT2D eigenvalue weighted by atomic mass is 16.5. The molecule has 1 aliphatic rings. The molecule has 1 fully saturated rings. The fourth-order valence-electron chi connectivity index (χ4n) is 3.06. The van der Waals surface area contributed by atoms with Gasteiger partial charge < -0.3 is 14.7 Å². The second kappa shape index (κ2) is 7.99. The topological polar surface area (TPSA) is 84.2 Å². The highest BCUT2D eigenvalue weighted by Gasteiger charge is 2.35. The fraction of sp³-hybridized carbons (Fsp3) is 0.300. The van der Waals surface area contributed by atoms with Gasteiger partial charge in [-0.2, -0.15) is 4.98 Å². The molecule has 4 rings (SSSR count). The van der Waals surface area contributed by atoms with Crippen LogP contribution in [-0.2, 0) is 6.42 Å². The quantitative estimate of drug-likeness (QED) is 0.681. The molecule has 2 aromatic heterocycles. The predicted octanol–water partition coefficient (Wildman–Crippen LogP) is 2.87. The van der Waals surface area contributed by atoms with Crippen LogP contribution in [0.2, 0.25) is 0 Å². The molecule has 0 spiro atoms. The summed E-state index contributed by atoms with van der Waals surface area (Å²) < 4.78 is 5.35. The molecule has 7 heteroatoms. The minimum absolute atomic E-state index is 0.0358. The van der Waals surface area contributed by atoms with Gasteiger partial charge in [0.15, 0.2) is 0 Å². The van der Waals surface area contributed by atoms with E-state index in [1.165, 1.54) is 5.56 Å². The van der Waals surface area contributed by atoms with Gasteiger partial charge in [-0.25, -0.2) is 4.79 Å². The summed E-state index contributed by atoms with van der Waals surface area (Å²) >= 11 is 0. The Morgan fingerprint density at radius 2 is 2.04 bits per heavy atom. The lowest BCUT2D eigenvalue weighted by Crippen LogP contribution is -2.52. The molecule has 0 bridgehead atoms. The van der Waals surface area contributed by atoms with Crippen molar-refractivity contribution in [2.45, 2.75) is 18.8 Å². The van der Waals surface area contributed by atoms with Gasteiger partial charge >= 0.3 is 6.03 Å². The Balaban J connectivity index is 1.20. The summed E-state index contributed by atoms with van der Waals surface area (Å²) in [6.07, 6.45) is 5.28. The second-order valence-electron chi connectivity index (χ2n) is 6.62. The van der Waals surface area contributed by atoms with Crippen molar-refractivity contribution in [3.8, 4) is 11.4 Å². The molecule has 1 aromatic carbocycles. The Morgan fingerprint density at radius 1 is 1.19 bits per heavy atom. The molecule has 3 aromatic rings. The minimum atomic E-state index is -0.0358. The summed E-state index contributed by atoms with van der Waals surface area (Å²) in [6.45, 7) is 1.86. The molecule has 0 aliphatic carbocycles. The van der Waals surface area contributed by atoms with Crippen LogP contribution in [0.1, 0.15) is 23.8 Å². The average molecular weight is 363 g/mol. The van der Waals surface area contributed by atoms with Gasteiger partial charge in [0.05, 0.1) is 5.92 Å². The third-order valence-corrected chi connectivity index (χ3v) is 4.64. The zero-order chi connectivity index (χ0) is 18.5. The van der Waals surface area contributed by atoms with Crippen molar-refractivity contribution in [1.29, 1.82) is 0 Å².